The number of urea groups is 1. The van der Waals surface area contributed by atoms with E-state index < -0.39 is 12.1 Å². The average molecular weight is 472 g/mol. The Labute approximate surface area is 198 Å². The van der Waals surface area contributed by atoms with Gasteiger partial charge in [0.05, 0.1) is 11.1 Å². The Hall–Kier alpha value is -2.58. The number of H-pyrrole nitrogens is 1. The molecule has 5 rings (SSSR count). The number of piperidine rings is 2. The molecule has 4 heterocycles. The SMILES string of the molecule is CC(C)N1CCC(N2C(=O)[C@@H]3[C@H](NC(=O)c4ccc5c(Cl)c[nH]c5c4)CCCN3C2=O)CC1. The van der Waals surface area contributed by atoms with Gasteiger partial charge in [-0.2, -0.15) is 0 Å². The van der Waals surface area contributed by atoms with Crippen LogP contribution in [0.5, 0.6) is 0 Å². The van der Waals surface area contributed by atoms with Crippen LogP contribution in [0.4, 0.5) is 4.79 Å². The van der Waals surface area contributed by atoms with Crippen molar-refractivity contribution in [3.8, 4) is 0 Å². The molecule has 4 amide bonds. The number of nitrogens with one attached hydrogen (secondary N) is 2. The summed E-state index contributed by atoms with van der Waals surface area (Å²) in [7, 11) is 0. The third-order valence-corrected chi connectivity index (χ3v) is 7.69. The van der Waals surface area contributed by atoms with Gasteiger partial charge < -0.3 is 20.1 Å². The Morgan fingerprint density at radius 3 is 2.64 bits per heavy atom. The predicted molar refractivity (Wildman–Crippen MR) is 126 cm³/mol. The van der Waals surface area contributed by atoms with Crippen molar-refractivity contribution in [1.82, 2.24) is 25.0 Å². The Bertz CT molecular complexity index is 1090. The third-order valence-electron chi connectivity index (χ3n) is 7.38. The minimum absolute atomic E-state index is 0.0676. The molecule has 1 aromatic heterocycles. The first-order valence-electron chi connectivity index (χ1n) is 11.8. The van der Waals surface area contributed by atoms with Gasteiger partial charge in [-0.05, 0) is 51.7 Å². The molecule has 0 unspecified atom stereocenters. The molecule has 9 heteroatoms. The minimum Gasteiger partial charge on any atom is -0.360 e. The van der Waals surface area contributed by atoms with E-state index in [2.05, 4.69) is 29.0 Å². The second kappa shape index (κ2) is 8.65. The molecule has 1 aromatic carbocycles. The van der Waals surface area contributed by atoms with Gasteiger partial charge in [-0.25, -0.2) is 4.79 Å². The fraction of sp³-hybridized carbons (Fsp3) is 0.542. The lowest BCUT2D eigenvalue weighted by atomic mass is 9.95. The zero-order chi connectivity index (χ0) is 23.3. The highest BCUT2D eigenvalue weighted by Crippen LogP contribution is 2.32. The van der Waals surface area contributed by atoms with Crippen molar-refractivity contribution < 1.29 is 14.4 Å². The van der Waals surface area contributed by atoms with E-state index in [-0.39, 0.29) is 23.9 Å². The Kier molecular flexibility index (Phi) is 5.82. The molecule has 2 atom stereocenters. The van der Waals surface area contributed by atoms with Crippen LogP contribution in [-0.4, -0.2) is 81.3 Å². The summed E-state index contributed by atoms with van der Waals surface area (Å²) < 4.78 is 0. The number of imide groups is 1. The smallest absolute Gasteiger partial charge is 0.327 e. The van der Waals surface area contributed by atoms with Gasteiger partial charge in [0.1, 0.15) is 6.04 Å². The number of aromatic nitrogens is 1. The normalized spacial score (nSPS) is 24.7. The molecule has 176 valence electrons. The summed E-state index contributed by atoms with van der Waals surface area (Å²) in [5.74, 6) is -0.419. The maximum atomic E-state index is 13.4. The van der Waals surface area contributed by atoms with E-state index in [1.807, 2.05) is 6.07 Å². The topological polar surface area (TPSA) is 88.8 Å². The number of carbonyl (C=O) groups excluding carboxylic acids is 3. The van der Waals surface area contributed by atoms with Crippen LogP contribution < -0.4 is 5.32 Å². The number of amides is 4. The van der Waals surface area contributed by atoms with E-state index >= 15 is 0 Å². The van der Waals surface area contributed by atoms with E-state index in [9.17, 15) is 14.4 Å². The molecule has 0 spiro atoms. The Balaban J connectivity index is 1.31. The number of aromatic amines is 1. The van der Waals surface area contributed by atoms with Crippen LogP contribution >= 0.6 is 11.6 Å². The summed E-state index contributed by atoms with van der Waals surface area (Å²) in [5.41, 5.74) is 1.27. The molecule has 0 saturated carbocycles. The quantitative estimate of drug-likeness (QED) is 0.670. The molecule has 3 aliphatic rings. The van der Waals surface area contributed by atoms with Gasteiger partial charge in [0, 0.05) is 54.4 Å². The van der Waals surface area contributed by atoms with Gasteiger partial charge in [0.25, 0.3) is 11.8 Å². The molecule has 8 nitrogen and oxygen atoms in total. The molecule has 0 bridgehead atoms. The molecule has 3 saturated heterocycles. The van der Waals surface area contributed by atoms with E-state index in [0.29, 0.717) is 29.6 Å². The van der Waals surface area contributed by atoms with Gasteiger partial charge in [0.15, 0.2) is 0 Å². The minimum atomic E-state index is -0.623. The van der Waals surface area contributed by atoms with E-state index in [4.69, 9.17) is 11.6 Å². The summed E-state index contributed by atoms with van der Waals surface area (Å²) in [5, 5.41) is 4.50. The predicted octanol–water partition coefficient (Wildman–Crippen LogP) is 3.22. The van der Waals surface area contributed by atoms with Gasteiger partial charge in [-0.15, -0.1) is 0 Å². The second-order valence-electron chi connectivity index (χ2n) is 9.61. The molecule has 3 fully saturated rings. The Morgan fingerprint density at radius 2 is 1.91 bits per heavy atom. The van der Waals surface area contributed by atoms with Crippen LogP contribution in [0.15, 0.2) is 24.4 Å². The Morgan fingerprint density at radius 1 is 1.15 bits per heavy atom. The van der Waals surface area contributed by atoms with Crippen LogP contribution in [-0.2, 0) is 4.79 Å². The van der Waals surface area contributed by atoms with Crippen LogP contribution in [0.2, 0.25) is 5.02 Å². The number of rotatable bonds is 4. The summed E-state index contributed by atoms with van der Waals surface area (Å²) in [6, 6.07) is 4.47. The number of hydrogen-bond donors (Lipinski definition) is 2. The van der Waals surface area contributed by atoms with E-state index in [1.54, 1.807) is 23.2 Å². The molecule has 2 aromatic rings. The average Bonchev–Trinajstić information content (AvgIpc) is 3.31. The zero-order valence-electron chi connectivity index (χ0n) is 19.0. The lowest BCUT2D eigenvalue weighted by Crippen LogP contribution is -2.55. The largest absolute Gasteiger partial charge is 0.360 e. The highest BCUT2D eigenvalue weighted by Gasteiger charge is 2.53. The molecule has 2 N–H and O–H groups in total. The van der Waals surface area contributed by atoms with Crippen molar-refractivity contribution in [1.29, 1.82) is 0 Å². The number of fused-ring (bicyclic) bond motifs is 2. The molecular weight excluding hydrogens is 442 g/mol. The summed E-state index contributed by atoms with van der Waals surface area (Å²) >= 11 is 6.14. The fourth-order valence-electron chi connectivity index (χ4n) is 5.52. The van der Waals surface area contributed by atoms with E-state index in [0.717, 1.165) is 43.3 Å². The van der Waals surface area contributed by atoms with Crippen LogP contribution in [0.1, 0.15) is 49.9 Å². The van der Waals surface area contributed by atoms with Gasteiger partial charge in [0.2, 0.25) is 0 Å². The number of halogens is 1. The first-order chi connectivity index (χ1) is 15.8. The first-order valence-corrected chi connectivity index (χ1v) is 12.2. The van der Waals surface area contributed by atoms with Gasteiger partial charge >= 0.3 is 6.03 Å². The number of benzene rings is 1. The highest BCUT2D eigenvalue weighted by molar-refractivity contribution is 6.35. The summed E-state index contributed by atoms with van der Waals surface area (Å²) in [4.78, 5) is 48.3. The van der Waals surface area contributed by atoms with Crippen molar-refractivity contribution in [3.05, 3.63) is 35.0 Å². The molecule has 0 aliphatic carbocycles. The summed E-state index contributed by atoms with van der Waals surface area (Å²) in [6.45, 7) is 6.66. The lowest BCUT2D eigenvalue weighted by Gasteiger charge is -2.37. The van der Waals surface area contributed by atoms with Crippen molar-refractivity contribution in [3.63, 3.8) is 0 Å². The number of nitrogens with zero attached hydrogens (tertiary/aromatic N) is 3. The molecule has 33 heavy (non-hydrogen) atoms. The van der Waals surface area contributed by atoms with Crippen molar-refractivity contribution in [2.45, 2.75) is 63.7 Å². The van der Waals surface area contributed by atoms with Crippen LogP contribution in [0.25, 0.3) is 10.9 Å². The van der Waals surface area contributed by atoms with Gasteiger partial charge in [-0.3, -0.25) is 14.5 Å². The summed E-state index contributed by atoms with van der Waals surface area (Å²) in [6.07, 6.45) is 4.71. The zero-order valence-corrected chi connectivity index (χ0v) is 19.8. The third kappa shape index (κ3) is 3.89. The van der Waals surface area contributed by atoms with E-state index in [1.165, 1.54) is 4.90 Å². The van der Waals surface area contributed by atoms with Crippen molar-refractivity contribution in [2.75, 3.05) is 19.6 Å². The maximum Gasteiger partial charge on any atom is 0.327 e. The van der Waals surface area contributed by atoms with Gasteiger partial charge in [-0.1, -0.05) is 17.7 Å². The monoisotopic (exact) mass is 471 g/mol. The lowest BCUT2D eigenvalue weighted by molar-refractivity contribution is -0.131. The molecule has 0 radical (unpaired) electrons. The number of likely N-dealkylation sites (tertiary alicyclic amines) is 1. The fourth-order valence-corrected chi connectivity index (χ4v) is 5.74. The van der Waals surface area contributed by atoms with Crippen LogP contribution in [0.3, 0.4) is 0 Å². The maximum absolute atomic E-state index is 13.4. The second-order valence-corrected chi connectivity index (χ2v) is 10.0. The molecule has 3 aliphatic heterocycles. The van der Waals surface area contributed by atoms with Crippen LogP contribution in [0, 0.1) is 0 Å². The number of carbonyl (C=O) groups is 3. The molecular formula is C24H30ClN5O3. The first kappa shape index (κ1) is 22.2. The van der Waals surface area contributed by atoms with Crippen molar-refractivity contribution in [2.24, 2.45) is 0 Å². The highest BCUT2D eigenvalue weighted by atomic mass is 35.5. The number of hydrogen-bond acceptors (Lipinski definition) is 4. The van der Waals surface area contributed by atoms with Crippen molar-refractivity contribution >= 4 is 40.3 Å². The standard InChI is InChI=1S/C24H30ClN5O3/c1-14(2)28-10-7-16(8-11-28)30-23(32)21-19(4-3-9-29(21)24(30)33)27-22(31)15-5-6-17-18(25)13-26-20(17)12-15/h5-6,12-14,16,19,21,26H,3-4,7-11H2,1-2H3,(H,27,31)/t19-,21+/m1/s1.